The average molecular weight is 187 g/mol. The standard InChI is InChI=1S/C11H9NO2/c1-14-11-5-4-10(8-12)9(7-11)3-2-6-13/h4-5,7,13H,6H2,1H3. The van der Waals surface area contributed by atoms with E-state index in [0.717, 1.165) is 0 Å². The predicted octanol–water partition coefficient (Wildman–Crippen LogP) is 0.911. The molecule has 0 spiro atoms. The zero-order chi connectivity index (χ0) is 10.4. The highest BCUT2D eigenvalue weighted by Crippen LogP contribution is 2.15. The lowest BCUT2D eigenvalue weighted by Crippen LogP contribution is -1.88. The van der Waals surface area contributed by atoms with Gasteiger partial charge in [-0.1, -0.05) is 11.8 Å². The summed E-state index contributed by atoms with van der Waals surface area (Å²) in [5.74, 6) is 5.82. The number of methoxy groups -OCH3 is 1. The lowest BCUT2D eigenvalue weighted by Gasteiger charge is -2.00. The van der Waals surface area contributed by atoms with Crippen LogP contribution in [0.3, 0.4) is 0 Å². The van der Waals surface area contributed by atoms with Crippen LogP contribution >= 0.6 is 0 Å². The molecule has 1 aromatic rings. The molecule has 0 fully saturated rings. The van der Waals surface area contributed by atoms with Crippen LogP contribution in [0.1, 0.15) is 11.1 Å². The summed E-state index contributed by atoms with van der Waals surface area (Å²) in [5, 5.41) is 17.3. The van der Waals surface area contributed by atoms with E-state index in [-0.39, 0.29) is 6.61 Å². The molecule has 3 heteroatoms. The van der Waals surface area contributed by atoms with Crippen LogP contribution < -0.4 is 4.74 Å². The summed E-state index contributed by atoms with van der Waals surface area (Å²) in [6.07, 6.45) is 0. The second-order valence-electron chi connectivity index (χ2n) is 2.48. The minimum atomic E-state index is -0.220. The van der Waals surface area contributed by atoms with Gasteiger partial charge in [-0.2, -0.15) is 5.26 Å². The Labute approximate surface area is 82.6 Å². The van der Waals surface area contributed by atoms with Crippen molar-refractivity contribution in [3.05, 3.63) is 29.3 Å². The smallest absolute Gasteiger partial charge is 0.120 e. The molecule has 0 atom stereocenters. The van der Waals surface area contributed by atoms with Gasteiger partial charge in [0.15, 0.2) is 0 Å². The van der Waals surface area contributed by atoms with Crippen molar-refractivity contribution in [3.8, 4) is 23.7 Å². The molecular formula is C11H9NO2. The Morgan fingerprint density at radius 3 is 2.79 bits per heavy atom. The zero-order valence-electron chi connectivity index (χ0n) is 7.74. The summed E-state index contributed by atoms with van der Waals surface area (Å²) in [6.45, 7) is -0.220. The summed E-state index contributed by atoms with van der Waals surface area (Å²) in [4.78, 5) is 0. The molecule has 14 heavy (non-hydrogen) atoms. The summed E-state index contributed by atoms with van der Waals surface area (Å²) in [5.41, 5.74) is 1.05. The first-order chi connectivity index (χ1) is 6.81. The molecule has 0 aliphatic heterocycles. The van der Waals surface area contributed by atoms with E-state index in [9.17, 15) is 0 Å². The Morgan fingerprint density at radius 2 is 2.21 bits per heavy atom. The van der Waals surface area contributed by atoms with E-state index < -0.39 is 0 Å². The van der Waals surface area contributed by atoms with Crippen molar-refractivity contribution in [2.45, 2.75) is 0 Å². The summed E-state index contributed by atoms with van der Waals surface area (Å²) < 4.78 is 4.99. The van der Waals surface area contributed by atoms with E-state index in [1.807, 2.05) is 6.07 Å². The van der Waals surface area contributed by atoms with Crippen molar-refractivity contribution in [1.82, 2.24) is 0 Å². The molecule has 0 heterocycles. The first kappa shape index (κ1) is 10.1. The quantitative estimate of drug-likeness (QED) is 0.665. The van der Waals surface area contributed by atoms with Crippen LogP contribution in [0, 0.1) is 23.2 Å². The normalized spacial score (nSPS) is 8.36. The van der Waals surface area contributed by atoms with E-state index in [2.05, 4.69) is 11.8 Å². The first-order valence-electron chi connectivity index (χ1n) is 3.99. The largest absolute Gasteiger partial charge is 0.497 e. The molecule has 3 nitrogen and oxygen atoms in total. The first-order valence-corrected chi connectivity index (χ1v) is 3.99. The Kier molecular flexibility index (Phi) is 3.55. The van der Waals surface area contributed by atoms with Gasteiger partial charge in [0.25, 0.3) is 0 Å². The fourth-order valence-electron chi connectivity index (χ4n) is 0.986. The highest BCUT2D eigenvalue weighted by molar-refractivity contribution is 5.51. The summed E-state index contributed by atoms with van der Waals surface area (Å²) in [7, 11) is 1.55. The van der Waals surface area contributed by atoms with Crippen LogP contribution in [-0.4, -0.2) is 18.8 Å². The van der Waals surface area contributed by atoms with Crippen LogP contribution in [0.4, 0.5) is 0 Å². The number of hydrogen-bond acceptors (Lipinski definition) is 3. The molecule has 1 aromatic carbocycles. The monoisotopic (exact) mass is 187 g/mol. The SMILES string of the molecule is COc1ccc(C#N)c(C#CCO)c1. The molecule has 0 aliphatic rings. The topological polar surface area (TPSA) is 53.2 Å². The van der Waals surface area contributed by atoms with Crippen molar-refractivity contribution in [2.24, 2.45) is 0 Å². The van der Waals surface area contributed by atoms with Crippen molar-refractivity contribution < 1.29 is 9.84 Å². The Hall–Kier alpha value is -1.97. The van der Waals surface area contributed by atoms with Gasteiger partial charge in [-0.25, -0.2) is 0 Å². The van der Waals surface area contributed by atoms with Gasteiger partial charge in [-0.15, -0.1) is 0 Å². The molecule has 70 valence electrons. The van der Waals surface area contributed by atoms with E-state index in [0.29, 0.717) is 16.9 Å². The van der Waals surface area contributed by atoms with Crippen molar-refractivity contribution in [1.29, 1.82) is 5.26 Å². The van der Waals surface area contributed by atoms with Gasteiger partial charge in [-0.3, -0.25) is 0 Å². The zero-order valence-corrected chi connectivity index (χ0v) is 7.74. The van der Waals surface area contributed by atoms with Crippen LogP contribution in [0.25, 0.3) is 0 Å². The second-order valence-corrected chi connectivity index (χ2v) is 2.48. The van der Waals surface area contributed by atoms with Crippen molar-refractivity contribution in [2.75, 3.05) is 13.7 Å². The molecule has 0 unspecified atom stereocenters. The highest BCUT2D eigenvalue weighted by atomic mass is 16.5. The van der Waals surface area contributed by atoms with E-state index in [1.165, 1.54) is 0 Å². The number of benzene rings is 1. The molecule has 1 rings (SSSR count). The molecule has 0 amide bonds. The van der Waals surface area contributed by atoms with E-state index in [4.69, 9.17) is 15.1 Å². The third-order valence-corrected chi connectivity index (χ3v) is 1.65. The maximum absolute atomic E-state index is 8.76. The van der Waals surface area contributed by atoms with Crippen LogP contribution in [0.2, 0.25) is 0 Å². The minimum Gasteiger partial charge on any atom is -0.497 e. The van der Waals surface area contributed by atoms with E-state index in [1.54, 1.807) is 25.3 Å². The molecule has 0 radical (unpaired) electrons. The molecular weight excluding hydrogens is 178 g/mol. The molecule has 0 aliphatic carbocycles. The van der Waals surface area contributed by atoms with Gasteiger partial charge in [0.2, 0.25) is 0 Å². The van der Waals surface area contributed by atoms with Gasteiger partial charge in [0.1, 0.15) is 18.4 Å². The number of nitriles is 1. The molecule has 0 saturated heterocycles. The molecule has 0 saturated carbocycles. The van der Waals surface area contributed by atoms with Crippen LogP contribution in [0.15, 0.2) is 18.2 Å². The lowest BCUT2D eigenvalue weighted by molar-refractivity contribution is 0.350. The van der Waals surface area contributed by atoms with Gasteiger partial charge in [0.05, 0.1) is 12.7 Å². The maximum Gasteiger partial charge on any atom is 0.120 e. The summed E-state index contributed by atoms with van der Waals surface area (Å²) in [6, 6.07) is 7.02. The van der Waals surface area contributed by atoms with Crippen LogP contribution in [-0.2, 0) is 0 Å². The third kappa shape index (κ3) is 2.26. The molecule has 1 N–H and O–H groups in total. The Bertz CT molecular complexity index is 421. The van der Waals surface area contributed by atoms with Gasteiger partial charge in [0, 0.05) is 5.56 Å². The number of aliphatic hydroxyl groups excluding tert-OH is 1. The predicted molar refractivity (Wildman–Crippen MR) is 51.7 cm³/mol. The number of aliphatic hydroxyl groups is 1. The Balaban J connectivity index is 3.16. The van der Waals surface area contributed by atoms with Gasteiger partial charge < -0.3 is 9.84 Å². The third-order valence-electron chi connectivity index (χ3n) is 1.65. The summed E-state index contributed by atoms with van der Waals surface area (Å²) >= 11 is 0. The van der Waals surface area contributed by atoms with Crippen molar-refractivity contribution in [3.63, 3.8) is 0 Å². The maximum atomic E-state index is 8.76. The molecule has 0 aromatic heterocycles. The second kappa shape index (κ2) is 4.91. The fraction of sp³-hybridized carbons (Fsp3) is 0.182. The number of nitrogens with zero attached hydrogens (tertiary/aromatic N) is 1. The fourth-order valence-corrected chi connectivity index (χ4v) is 0.986. The number of ether oxygens (including phenoxy) is 1. The van der Waals surface area contributed by atoms with Gasteiger partial charge >= 0.3 is 0 Å². The highest BCUT2D eigenvalue weighted by Gasteiger charge is 2.00. The van der Waals surface area contributed by atoms with Crippen LogP contribution in [0.5, 0.6) is 5.75 Å². The minimum absolute atomic E-state index is 0.220. The van der Waals surface area contributed by atoms with Gasteiger partial charge in [-0.05, 0) is 18.2 Å². The number of hydrogen-bond donors (Lipinski definition) is 1. The average Bonchev–Trinajstić information content (AvgIpc) is 2.25. The number of rotatable bonds is 1. The lowest BCUT2D eigenvalue weighted by atomic mass is 10.1. The van der Waals surface area contributed by atoms with Crippen molar-refractivity contribution >= 4 is 0 Å². The molecule has 0 bridgehead atoms. The Morgan fingerprint density at radius 1 is 1.43 bits per heavy atom. The van der Waals surface area contributed by atoms with E-state index >= 15 is 0 Å².